The molecule has 4 heteroatoms. The van der Waals surface area contributed by atoms with Gasteiger partial charge in [-0.25, -0.2) is 8.78 Å². The summed E-state index contributed by atoms with van der Waals surface area (Å²) < 4.78 is 26.6. The van der Waals surface area contributed by atoms with E-state index < -0.39 is 11.6 Å². The number of hydrogen-bond acceptors (Lipinski definition) is 1. The Balaban J connectivity index is 2.16. The van der Waals surface area contributed by atoms with Gasteiger partial charge in [0.2, 0.25) is 5.91 Å². The maximum absolute atomic E-state index is 13.5. The molecule has 0 N–H and O–H groups in total. The molecule has 1 aromatic rings. The fourth-order valence-corrected chi connectivity index (χ4v) is 2.07. The number of anilines is 1. The summed E-state index contributed by atoms with van der Waals surface area (Å²) in [6.45, 7) is 0. The zero-order chi connectivity index (χ0) is 10.6. The number of halogens is 2. The van der Waals surface area contributed by atoms with Crippen molar-refractivity contribution in [1.29, 1.82) is 0 Å². The highest BCUT2D eigenvalue weighted by molar-refractivity contribution is 6.02. The molecule has 1 aliphatic heterocycles. The Morgan fingerprint density at radius 1 is 1.27 bits per heavy atom. The molecule has 0 aromatic heterocycles. The molecule has 1 aromatic carbocycles. The van der Waals surface area contributed by atoms with E-state index in [1.807, 2.05) is 0 Å². The standard InChI is InChI=1S/C11H9F2NO/c12-8-4-1-6-5-9(15)14(7-2-3-7)11(6)10(8)13/h1,4,7H,2-3,5H2. The smallest absolute Gasteiger partial charge is 0.231 e. The molecule has 15 heavy (non-hydrogen) atoms. The molecule has 0 unspecified atom stereocenters. The van der Waals surface area contributed by atoms with Crippen LogP contribution in [0.15, 0.2) is 12.1 Å². The van der Waals surface area contributed by atoms with Gasteiger partial charge in [0.05, 0.1) is 12.1 Å². The minimum atomic E-state index is -0.884. The highest BCUT2D eigenvalue weighted by Crippen LogP contribution is 2.40. The van der Waals surface area contributed by atoms with Crippen LogP contribution in [0.4, 0.5) is 14.5 Å². The van der Waals surface area contributed by atoms with Gasteiger partial charge in [-0.15, -0.1) is 0 Å². The average Bonchev–Trinajstić information content (AvgIpc) is 2.97. The van der Waals surface area contributed by atoms with Gasteiger partial charge in [0, 0.05) is 6.04 Å². The molecular weight excluding hydrogens is 200 g/mol. The minimum Gasteiger partial charge on any atom is -0.306 e. The van der Waals surface area contributed by atoms with Crippen LogP contribution in [0.1, 0.15) is 18.4 Å². The first-order valence-corrected chi connectivity index (χ1v) is 4.97. The second-order valence-corrected chi connectivity index (χ2v) is 4.04. The first-order valence-electron chi connectivity index (χ1n) is 4.97. The molecule has 1 heterocycles. The number of amides is 1. The summed E-state index contributed by atoms with van der Waals surface area (Å²) in [6.07, 6.45) is 1.98. The molecular formula is C11H9F2NO. The van der Waals surface area contributed by atoms with Crippen LogP contribution in [0.2, 0.25) is 0 Å². The molecule has 3 rings (SSSR count). The van der Waals surface area contributed by atoms with Crippen molar-refractivity contribution in [2.24, 2.45) is 0 Å². The lowest BCUT2D eigenvalue weighted by Crippen LogP contribution is -2.29. The van der Waals surface area contributed by atoms with Gasteiger partial charge in [-0.3, -0.25) is 4.79 Å². The van der Waals surface area contributed by atoms with Crippen molar-refractivity contribution in [1.82, 2.24) is 0 Å². The first kappa shape index (κ1) is 8.83. The Bertz CT molecular complexity index is 454. The van der Waals surface area contributed by atoms with Crippen molar-refractivity contribution in [2.45, 2.75) is 25.3 Å². The van der Waals surface area contributed by atoms with Crippen LogP contribution in [-0.4, -0.2) is 11.9 Å². The maximum Gasteiger partial charge on any atom is 0.231 e. The number of rotatable bonds is 1. The Kier molecular flexibility index (Phi) is 1.63. The van der Waals surface area contributed by atoms with Crippen LogP contribution in [0.5, 0.6) is 0 Å². The van der Waals surface area contributed by atoms with Crippen molar-refractivity contribution in [3.8, 4) is 0 Å². The number of carbonyl (C=O) groups is 1. The summed E-state index contributed by atoms with van der Waals surface area (Å²) in [5.41, 5.74) is 0.772. The van der Waals surface area contributed by atoms with Gasteiger partial charge < -0.3 is 4.90 Å². The van der Waals surface area contributed by atoms with Gasteiger partial charge in [-0.2, -0.15) is 0 Å². The fourth-order valence-electron chi connectivity index (χ4n) is 2.07. The van der Waals surface area contributed by atoms with E-state index in [1.54, 1.807) is 0 Å². The number of fused-ring (bicyclic) bond motifs is 1. The van der Waals surface area contributed by atoms with Crippen molar-refractivity contribution >= 4 is 11.6 Å². The normalized spacial score (nSPS) is 19.6. The van der Waals surface area contributed by atoms with Crippen LogP contribution in [-0.2, 0) is 11.2 Å². The van der Waals surface area contributed by atoms with Gasteiger partial charge >= 0.3 is 0 Å². The largest absolute Gasteiger partial charge is 0.306 e. The molecule has 0 radical (unpaired) electrons. The minimum absolute atomic E-state index is 0.0926. The molecule has 1 fully saturated rings. The zero-order valence-corrected chi connectivity index (χ0v) is 7.96. The molecule has 0 spiro atoms. The second kappa shape index (κ2) is 2.78. The summed E-state index contributed by atoms with van der Waals surface area (Å²) in [5.74, 6) is -1.88. The molecule has 2 nitrogen and oxygen atoms in total. The van der Waals surface area contributed by atoms with Crippen LogP contribution in [0.3, 0.4) is 0 Å². The predicted octanol–water partition coefficient (Wildman–Crippen LogP) is 2.02. The van der Waals surface area contributed by atoms with E-state index in [9.17, 15) is 13.6 Å². The molecule has 1 amide bonds. The molecule has 2 aliphatic rings. The average molecular weight is 209 g/mol. The number of benzene rings is 1. The molecule has 0 saturated heterocycles. The maximum atomic E-state index is 13.5. The van der Waals surface area contributed by atoms with Gasteiger partial charge in [0.15, 0.2) is 11.6 Å². The van der Waals surface area contributed by atoms with Crippen molar-refractivity contribution in [3.63, 3.8) is 0 Å². The third-order valence-corrected chi connectivity index (χ3v) is 2.92. The molecule has 78 valence electrons. The first-order chi connectivity index (χ1) is 7.18. The fraction of sp³-hybridized carbons (Fsp3) is 0.364. The number of carbonyl (C=O) groups excluding carboxylic acids is 1. The quantitative estimate of drug-likeness (QED) is 0.692. The van der Waals surface area contributed by atoms with Crippen molar-refractivity contribution in [2.75, 3.05) is 4.90 Å². The molecule has 1 aliphatic carbocycles. The van der Waals surface area contributed by atoms with E-state index in [0.29, 0.717) is 5.56 Å². The van der Waals surface area contributed by atoms with Gasteiger partial charge in [-0.05, 0) is 24.5 Å². The topological polar surface area (TPSA) is 20.3 Å². The van der Waals surface area contributed by atoms with E-state index in [1.165, 1.54) is 11.0 Å². The molecule has 0 bridgehead atoms. The van der Waals surface area contributed by atoms with Crippen LogP contribution >= 0.6 is 0 Å². The summed E-state index contributed by atoms with van der Waals surface area (Å²) in [6, 6.07) is 2.67. The van der Waals surface area contributed by atoms with Gasteiger partial charge in [-0.1, -0.05) is 6.07 Å². The summed E-state index contributed by atoms with van der Waals surface area (Å²) in [4.78, 5) is 13.0. The Hall–Kier alpha value is -1.45. The highest BCUT2D eigenvalue weighted by atomic mass is 19.2. The van der Waals surface area contributed by atoms with E-state index in [4.69, 9.17) is 0 Å². The number of hydrogen-bond donors (Lipinski definition) is 0. The third-order valence-electron chi connectivity index (χ3n) is 2.92. The van der Waals surface area contributed by atoms with Crippen LogP contribution < -0.4 is 4.90 Å². The number of nitrogens with zero attached hydrogens (tertiary/aromatic N) is 1. The van der Waals surface area contributed by atoms with E-state index in [2.05, 4.69) is 0 Å². The summed E-state index contributed by atoms with van der Waals surface area (Å²) in [5, 5.41) is 0. The summed E-state index contributed by atoms with van der Waals surface area (Å²) >= 11 is 0. The SMILES string of the molecule is O=C1Cc2ccc(F)c(F)c2N1C1CC1. The highest BCUT2D eigenvalue weighted by Gasteiger charge is 2.41. The van der Waals surface area contributed by atoms with Crippen LogP contribution in [0.25, 0.3) is 0 Å². The zero-order valence-electron chi connectivity index (χ0n) is 7.96. The Morgan fingerprint density at radius 2 is 2.00 bits per heavy atom. The van der Waals surface area contributed by atoms with Crippen molar-refractivity contribution < 1.29 is 13.6 Å². The lowest BCUT2D eigenvalue weighted by molar-refractivity contribution is -0.117. The molecule has 1 saturated carbocycles. The lowest BCUT2D eigenvalue weighted by atomic mass is 10.1. The predicted molar refractivity (Wildman–Crippen MR) is 50.6 cm³/mol. The lowest BCUT2D eigenvalue weighted by Gasteiger charge is -2.17. The van der Waals surface area contributed by atoms with Gasteiger partial charge in [0.25, 0.3) is 0 Å². The van der Waals surface area contributed by atoms with E-state index >= 15 is 0 Å². The summed E-state index contributed by atoms with van der Waals surface area (Å²) in [7, 11) is 0. The Morgan fingerprint density at radius 3 is 2.67 bits per heavy atom. The van der Waals surface area contributed by atoms with Crippen molar-refractivity contribution in [3.05, 3.63) is 29.3 Å². The second-order valence-electron chi connectivity index (χ2n) is 4.04. The third kappa shape index (κ3) is 1.17. The van der Waals surface area contributed by atoms with Crippen LogP contribution in [0, 0.1) is 11.6 Å². The monoisotopic (exact) mass is 209 g/mol. The van der Waals surface area contributed by atoms with E-state index in [-0.39, 0.29) is 24.1 Å². The van der Waals surface area contributed by atoms with Gasteiger partial charge in [0.1, 0.15) is 0 Å². The van der Waals surface area contributed by atoms with E-state index in [0.717, 1.165) is 18.9 Å². The molecule has 0 atom stereocenters. The Labute approximate surface area is 85.5 Å².